The molecule has 0 radical (unpaired) electrons. The SMILES string of the molecule is COCCCN1C(=O)C(=O)/C(=C(\O)c2ccc(F)cc2)C1c1cccc(OCc2ccccc2)c1. The topological polar surface area (TPSA) is 76.1 Å². The Morgan fingerprint density at radius 1 is 1.00 bits per heavy atom. The van der Waals surface area contributed by atoms with Crippen LogP contribution in [0.4, 0.5) is 4.39 Å². The highest BCUT2D eigenvalue weighted by atomic mass is 19.1. The van der Waals surface area contributed by atoms with Gasteiger partial charge in [-0.1, -0.05) is 42.5 Å². The zero-order chi connectivity index (χ0) is 24.8. The second kappa shape index (κ2) is 11.0. The molecule has 6 nitrogen and oxygen atoms in total. The van der Waals surface area contributed by atoms with Crippen molar-refractivity contribution in [2.75, 3.05) is 20.3 Å². The molecule has 180 valence electrons. The number of aliphatic hydroxyl groups excluding tert-OH is 1. The van der Waals surface area contributed by atoms with Crippen molar-refractivity contribution in [3.63, 3.8) is 0 Å². The third-order valence-corrected chi connectivity index (χ3v) is 5.83. The number of aliphatic hydroxyl groups is 1. The summed E-state index contributed by atoms with van der Waals surface area (Å²) in [6, 6.07) is 21.1. The van der Waals surface area contributed by atoms with Crippen molar-refractivity contribution in [3.8, 4) is 5.75 Å². The number of hydrogen-bond donors (Lipinski definition) is 1. The lowest BCUT2D eigenvalue weighted by Gasteiger charge is -2.25. The maximum atomic E-state index is 13.4. The van der Waals surface area contributed by atoms with Gasteiger partial charge < -0.3 is 19.5 Å². The van der Waals surface area contributed by atoms with Crippen molar-refractivity contribution in [1.29, 1.82) is 0 Å². The highest BCUT2D eigenvalue weighted by molar-refractivity contribution is 6.46. The Balaban J connectivity index is 1.72. The van der Waals surface area contributed by atoms with E-state index in [1.54, 1.807) is 31.4 Å². The molecule has 0 aromatic heterocycles. The van der Waals surface area contributed by atoms with Gasteiger partial charge >= 0.3 is 0 Å². The highest BCUT2D eigenvalue weighted by Crippen LogP contribution is 2.40. The first-order valence-corrected chi connectivity index (χ1v) is 11.3. The number of amides is 1. The maximum Gasteiger partial charge on any atom is 0.295 e. The minimum Gasteiger partial charge on any atom is -0.507 e. The van der Waals surface area contributed by atoms with Crippen LogP contribution in [0.5, 0.6) is 5.75 Å². The van der Waals surface area contributed by atoms with Gasteiger partial charge in [-0.05, 0) is 53.9 Å². The van der Waals surface area contributed by atoms with Gasteiger partial charge in [-0.25, -0.2) is 4.39 Å². The predicted molar refractivity (Wildman–Crippen MR) is 129 cm³/mol. The lowest BCUT2D eigenvalue weighted by atomic mass is 9.95. The van der Waals surface area contributed by atoms with E-state index in [2.05, 4.69) is 0 Å². The number of hydrogen-bond acceptors (Lipinski definition) is 5. The van der Waals surface area contributed by atoms with E-state index in [0.29, 0.717) is 30.9 Å². The van der Waals surface area contributed by atoms with Crippen LogP contribution in [0.2, 0.25) is 0 Å². The highest BCUT2D eigenvalue weighted by Gasteiger charge is 2.45. The van der Waals surface area contributed by atoms with Crippen LogP contribution in [0.3, 0.4) is 0 Å². The lowest BCUT2D eigenvalue weighted by molar-refractivity contribution is -0.140. The Morgan fingerprint density at radius 3 is 2.46 bits per heavy atom. The molecule has 1 amide bonds. The van der Waals surface area contributed by atoms with Crippen molar-refractivity contribution >= 4 is 17.4 Å². The molecule has 1 aliphatic heterocycles. The Kier molecular flexibility index (Phi) is 7.57. The summed E-state index contributed by atoms with van der Waals surface area (Å²) < 4.78 is 24.5. The second-order valence-corrected chi connectivity index (χ2v) is 8.19. The predicted octanol–water partition coefficient (Wildman–Crippen LogP) is 4.86. The third kappa shape index (κ3) is 5.41. The molecule has 1 fully saturated rings. The van der Waals surface area contributed by atoms with E-state index in [9.17, 15) is 19.1 Å². The first-order valence-electron chi connectivity index (χ1n) is 11.3. The van der Waals surface area contributed by atoms with Crippen molar-refractivity contribution in [3.05, 3.63) is 107 Å². The first-order chi connectivity index (χ1) is 17.0. The largest absolute Gasteiger partial charge is 0.507 e. The number of nitrogens with zero attached hydrogens (tertiary/aromatic N) is 1. The van der Waals surface area contributed by atoms with E-state index in [-0.39, 0.29) is 23.4 Å². The standard InChI is InChI=1S/C28H26FNO5/c1-34-16-6-15-30-25(21-9-5-10-23(17-21)35-18-19-7-3-2-4-8-19)24(27(32)28(30)33)26(31)20-11-13-22(29)14-12-20/h2-5,7-14,17,25,31H,6,15-16,18H2,1H3/b26-24-. The number of carbonyl (C=O) groups excluding carboxylic acids is 2. The number of benzene rings is 3. The zero-order valence-corrected chi connectivity index (χ0v) is 19.3. The van der Waals surface area contributed by atoms with Crippen molar-refractivity contribution in [2.45, 2.75) is 19.1 Å². The summed E-state index contributed by atoms with van der Waals surface area (Å²) in [6.45, 7) is 1.03. The molecule has 1 N–H and O–H groups in total. The third-order valence-electron chi connectivity index (χ3n) is 5.83. The maximum absolute atomic E-state index is 13.4. The minimum absolute atomic E-state index is 0.0424. The van der Waals surface area contributed by atoms with Crippen molar-refractivity contribution < 1.29 is 28.6 Å². The van der Waals surface area contributed by atoms with Gasteiger partial charge in [0.15, 0.2) is 0 Å². The van der Waals surface area contributed by atoms with Crippen LogP contribution in [-0.4, -0.2) is 42.0 Å². The molecule has 0 bridgehead atoms. The van der Waals surface area contributed by atoms with Crippen LogP contribution in [0.25, 0.3) is 5.76 Å². The number of carbonyl (C=O) groups is 2. The van der Waals surface area contributed by atoms with Gasteiger partial charge in [-0.2, -0.15) is 0 Å². The van der Waals surface area contributed by atoms with E-state index in [1.165, 1.54) is 29.2 Å². The number of likely N-dealkylation sites (tertiary alicyclic amines) is 1. The Labute approximate surface area is 203 Å². The number of rotatable bonds is 9. The van der Waals surface area contributed by atoms with E-state index in [0.717, 1.165) is 5.56 Å². The molecule has 1 atom stereocenters. The molecule has 1 aliphatic rings. The Bertz CT molecular complexity index is 1220. The van der Waals surface area contributed by atoms with E-state index in [4.69, 9.17) is 9.47 Å². The van der Waals surface area contributed by atoms with Crippen LogP contribution in [0, 0.1) is 5.82 Å². The number of ketones is 1. The minimum atomic E-state index is -0.822. The molecule has 3 aromatic rings. The second-order valence-electron chi connectivity index (χ2n) is 8.19. The summed E-state index contributed by atoms with van der Waals surface area (Å²) in [7, 11) is 1.56. The molecular weight excluding hydrogens is 449 g/mol. The van der Waals surface area contributed by atoms with Gasteiger partial charge in [0.25, 0.3) is 11.7 Å². The lowest BCUT2D eigenvalue weighted by Crippen LogP contribution is -2.31. The van der Waals surface area contributed by atoms with E-state index in [1.807, 2.05) is 30.3 Å². The van der Waals surface area contributed by atoms with Gasteiger partial charge in [0.1, 0.15) is 23.9 Å². The number of methoxy groups -OCH3 is 1. The summed E-state index contributed by atoms with van der Waals surface area (Å²) in [6.07, 6.45) is 0.515. The summed E-state index contributed by atoms with van der Waals surface area (Å²) in [4.78, 5) is 27.5. The number of ether oxygens (including phenoxy) is 2. The quantitative estimate of drug-likeness (QED) is 0.207. The molecule has 1 saturated heterocycles. The fourth-order valence-electron chi connectivity index (χ4n) is 4.12. The Hall–Kier alpha value is -3.97. The zero-order valence-electron chi connectivity index (χ0n) is 19.3. The average Bonchev–Trinajstić information content (AvgIpc) is 3.13. The molecule has 7 heteroatoms. The summed E-state index contributed by atoms with van der Waals surface area (Å²) in [5.74, 6) is -1.74. The van der Waals surface area contributed by atoms with Crippen LogP contribution in [0.1, 0.15) is 29.2 Å². The first kappa shape index (κ1) is 24.2. The molecule has 1 heterocycles. The summed E-state index contributed by atoms with van der Waals surface area (Å²) in [5.41, 5.74) is 1.83. The summed E-state index contributed by atoms with van der Waals surface area (Å²) >= 11 is 0. The van der Waals surface area contributed by atoms with Gasteiger partial charge in [0, 0.05) is 25.8 Å². The Morgan fingerprint density at radius 2 is 1.74 bits per heavy atom. The summed E-state index contributed by atoms with van der Waals surface area (Å²) in [5, 5.41) is 11.0. The van der Waals surface area contributed by atoms with E-state index < -0.39 is 23.5 Å². The van der Waals surface area contributed by atoms with Gasteiger partial charge in [0.2, 0.25) is 0 Å². The molecule has 0 saturated carbocycles. The molecule has 0 spiro atoms. The fraction of sp³-hybridized carbons (Fsp3) is 0.214. The number of Topliss-reactive ketones (excluding diaryl/α,β-unsaturated/α-hetero) is 1. The van der Waals surface area contributed by atoms with E-state index >= 15 is 0 Å². The van der Waals surface area contributed by atoms with Crippen LogP contribution >= 0.6 is 0 Å². The molecule has 35 heavy (non-hydrogen) atoms. The van der Waals surface area contributed by atoms with Crippen LogP contribution < -0.4 is 4.74 Å². The number of halogens is 1. The normalized spacial score (nSPS) is 17.1. The van der Waals surface area contributed by atoms with Crippen molar-refractivity contribution in [2.24, 2.45) is 0 Å². The van der Waals surface area contributed by atoms with Gasteiger partial charge in [0.05, 0.1) is 11.6 Å². The van der Waals surface area contributed by atoms with Crippen LogP contribution in [0.15, 0.2) is 84.4 Å². The van der Waals surface area contributed by atoms with Gasteiger partial charge in [-0.3, -0.25) is 9.59 Å². The van der Waals surface area contributed by atoms with Crippen LogP contribution in [-0.2, 0) is 20.9 Å². The molecule has 3 aromatic carbocycles. The molecule has 0 aliphatic carbocycles. The molecule has 4 rings (SSSR count). The smallest absolute Gasteiger partial charge is 0.295 e. The van der Waals surface area contributed by atoms with Crippen molar-refractivity contribution in [1.82, 2.24) is 4.90 Å². The monoisotopic (exact) mass is 475 g/mol. The average molecular weight is 476 g/mol. The molecule has 1 unspecified atom stereocenters. The van der Waals surface area contributed by atoms with Gasteiger partial charge in [-0.15, -0.1) is 0 Å². The fourth-order valence-corrected chi connectivity index (χ4v) is 4.12. The molecular formula is C28H26FNO5.